The number of benzene rings is 1. The van der Waals surface area contributed by atoms with Gasteiger partial charge in [-0.05, 0) is 57.4 Å². The predicted octanol–water partition coefficient (Wildman–Crippen LogP) is 1.51. The summed E-state index contributed by atoms with van der Waals surface area (Å²) in [5.74, 6) is 1.06. The van der Waals surface area contributed by atoms with Crippen molar-refractivity contribution < 1.29 is 14.3 Å². The minimum absolute atomic E-state index is 0.0395. The summed E-state index contributed by atoms with van der Waals surface area (Å²) in [7, 11) is 1.68. The third-order valence-corrected chi connectivity index (χ3v) is 5.43. The second-order valence-electron chi connectivity index (χ2n) is 8.97. The fraction of sp³-hybridized carbons (Fsp3) is 0.636. The van der Waals surface area contributed by atoms with E-state index in [9.17, 15) is 9.59 Å². The molecule has 0 radical (unpaired) electrons. The van der Waals surface area contributed by atoms with Crippen LogP contribution in [0.5, 0.6) is 5.75 Å². The number of aryl methyl sites for hydroxylation is 1. The molecule has 2 aliphatic rings. The smallest absolute Gasteiger partial charge is 0.242 e. The summed E-state index contributed by atoms with van der Waals surface area (Å²) < 4.78 is 5.33. The first-order valence-corrected chi connectivity index (χ1v) is 10.5. The van der Waals surface area contributed by atoms with E-state index in [0.717, 1.165) is 43.9 Å². The predicted molar refractivity (Wildman–Crippen MR) is 114 cm³/mol. The van der Waals surface area contributed by atoms with Crippen LogP contribution in [0.4, 0.5) is 5.69 Å². The average molecular weight is 403 g/mol. The molecule has 29 heavy (non-hydrogen) atoms. The number of hydrogen-bond donors (Lipinski definition) is 1. The van der Waals surface area contributed by atoms with Gasteiger partial charge >= 0.3 is 0 Å². The van der Waals surface area contributed by atoms with Crippen molar-refractivity contribution in [2.45, 2.75) is 39.2 Å². The van der Waals surface area contributed by atoms with E-state index in [2.05, 4.69) is 27.2 Å². The van der Waals surface area contributed by atoms with Crippen molar-refractivity contribution in [1.82, 2.24) is 15.1 Å². The van der Waals surface area contributed by atoms with Crippen molar-refractivity contribution in [3.63, 3.8) is 0 Å². The molecule has 3 rings (SSSR count). The molecule has 0 bridgehead atoms. The summed E-state index contributed by atoms with van der Waals surface area (Å²) in [5.41, 5.74) is 2.17. The zero-order valence-corrected chi connectivity index (χ0v) is 18.2. The van der Waals surface area contributed by atoms with Crippen LogP contribution >= 0.6 is 0 Å². The average Bonchev–Trinajstić information content (AvgIpc) is 2.66. The Morgan fingerprint density at radius 3 is 2.45 bits per heavy atom. The van der Waals surface area contributed by atoms with Crippen LogP contribution in [0.25, 0.3) is 0 Å². The number of ether oxygens (including phenoxy) is 1. The number of nitrogens with one attached hydrogen (secondary N) is 1. The molecule has 1 N–H and O–H groups in total. The number of methoxy groups -OCH3 is 1. The summed E-state index contributed by atoms with van der Waals surface area (Å²) in [4.78, 5) is 31.2. The van der Waals surface area contributed by atoms with Crippen molar-refractivity contribution in [3.8, 4) is 5.75 Å². The fourth-order valence-electron chi connectivity index (χ4n) is 4.02. The summed E-state index contributed by atoms with van der Waals surface area (Å²) in [6.45, 7) is 10.5. The van der Waals surface area contributed by atoms with E-state index >= 15 is 0 Å². The van der Waals surface area contributed by atoms with Gasteiger partial charge < -0.3 is 19.9 Å². The number of rotatable bonds is 5. The molecule has 0 unspecified atom stereocenters. The van der Waals surface area contributed by atoms with Crippen LogP contribution in [-0.4, -0.2) is 80.1 Å². The number of piperazine rings is 1. The van der Waals surface area contributed by atoms with Crippen LogP contribution in [0, 0.1) is 0 Å². The van der Waals surface area contributed by atoms with Gasteiger partial charge in [0.2, 0.25) is 11.8 Å². The maximum absolute atomic E-state index is 12.9. The summed E-state index contributed by atoms with van der Waals surface area (Å²) in [6.07, 6.45) is 2.07. The third kappa shape index (κ3) is 5.85. The Morgan fingerprint density at radius 2 is 1.79 bits per heavy atom. The minimum atomic E-state index is -0.219. The van der Waals surface area contributed by atoms with Crippen LogP contribution in [0.2, 0.25) is 0 Å². The first kappa shape index (κ1) is 21.4. The van der Waals surface area contributed by atoms with E-state index in [1.165, 1.54) is 5.56 Å². The maximum atomic E-state index is 12.9. The van der Waals surface area contributed by atoms with Crippen molar-refractivity contribution in [2.75, 3.05) is 57.8 Å². The topological polar surface area (TPSA) is 65.1 Å². The molecule has 1 aromatic carbocycles. The highest BCUT2D eigenvalue weighted by Crippen LogP contribution is 2.30. The van der Waals surface area contributed by atoms with Gasteiger partial charge in [0.1, 0.15) is 5.75 Å². The fourth-order valence-corrected chi connectivity index (χ4v) is 4.02. The molecule has 1 aromatic rings. The number of nitrogens with zero attached hydrogens (tertiary/aromatic N) is 3. The van der Waals surface area contributed by atoms with Gasteiger partial charge in [-0.3, -0.25) is 14.5 Å². The summed E-state index contributed by atoms with van der Waals surface area (Å²) in [6, 6.07) is 6.10. The number of amides is 2. The van der Waals surface area contributed by atoms with Crippen molar-refractivity contribution in [3.05, 3.63) is 23.8 Å². The zero-order valence-electron chi connectivity index (χ0n) is 18.2. The molecule has 0 atom stereocenters. The molecule has 0 saturated carbocycles. The number of carbonyl (C=O) groups is 2. The van der Waals surface area contributed by atoms with Crippen molar-refractivity contribution in [1.29, 1.82) is 0 Å². The molecule has 1 fully saturated rings. The lowest BCUT2D eigenvalue weighted by Gasteiger charge is -2.37. The summed E-state index contributed by atoms with van der Waals surface area (Å²) in [5, 5.41) is 3.00. The van der Waals surface area contributed by atoms with Crippen LogP contribution in [0.1, 0.15) is 32.8 Å². The molecule has 2 aliphatic heterocycles. The van der Waals surface area contributed by atoms with Crippen LogP contribution in [-0.2, 0) is 16.0 Å². The second kappa shape index (κ2) is 9.03. The number of fused-ring (bicyclic) bond motifs is 1. The Labute approximate surface area is 174 Å². The maximum Gasteiger partial charge on any atom is 0.242 e. The second-order valence-corrected chi connectivity index (χ2v) is 8.97. The standard InChI is InChI=1S/C22H34N4O3/c1-22(2,3)23-20(27)15-24-10-12-25(13-11-24)21(28)16-26-9-5-6-17-14-18(29-4)7-8-19(17)26/h7-8,14H,5-6,9-13,15-16H2,1-4H3,(H,23,27). The van der Waals surface area contributed by atoms with E-state index in [1.54, 1.807) is 7.11 Å². The van der Waals surface area contributed by atoms with E-state index in [4.69, 9.17) is 4.74 Å². The highest BCUT2D eigenvalue weighted by Gasteiger charge is 2.26. The zero-order chi connectivity index (χ0) is 21.0. The third-order valence-electron chi connectivity index (χ3n) is 5.43. The van der Waals surface area contributed by atoms with Crippen molar-refractivity contribution in [2.24, 2.45) is 0 Å². The lowest BCUT2D eigenvalue weighted by atomic mass is 10.0. The highest BCUT2D eigenvalue weighted by molar-refractivity contribution is 5.82. The molecular formula is C22H34N4O3. The first-order valence-electron chi connectivity index (χ1n) is 10.5. The molecule has 2 amide bonds. The number of anilines is 1. The Kier molecular flexibility index (Phi) is 6.67. The molecule has 160 valence electrons. The molecule has 7 nitrogen and oxygen atoms in total. The van der Waals surface area contributed by atoms with E-state index < -0.39 is 0 Å². The minimum Gasteiger partial charge on any atom is -0.497 e. The van der Waals surface area contributed by atoms with Gasteiger partial charge in [-0.2, -0.15) is 0 Å². The SMILES string of the molecule is COc1ccc2c(c1)CCCN2CC(=O)N1CCN(CC(=O)NC(C)(C)C)CC1. The van der Waals surface area contributed by atoms with Gasteiger partial charge in [0, 0.05) is 44.0 Å². The van der Waals surface area contributed by atoms with Gasteiger partial charge in [0.15, 0.2) is 0 Å². The molecule has 0 aromatic heterocycles. The van der Waals surface area contributed by atoms with Gasteiger partial charge in [-0.25, -0.2) is 0 Å². The molecule has 0 aliphatic carbocycles. The molecule has 1 saturated heterocycles. The molecule has 2 heterocycles. The van der Waals surface area contributed by atoms with Gasteiger partial charge in [-0.1, -0.05) is 0 Å². The number of hydrogen-bond acceptors (Lipinski definition) is 5. The normalized spacial score (nSPS) is 17.7. The number of carbonyl (C=O) groups excluding carboxylic acids is 2. The first-order chi connectivity index (χ1) is 13.7. The van der Waals surface area contributed by atoms with Gasteiger partial charge in [0.25, 0.3) is 0 Å². The lowest BCUT2D eigenvalue weighted by molar-refractivity contribution is -0.131. The largest absolute Gasteiger partial charge is 0.497 e. The Morgan fingerprint density at radius 1 is 1.07 bits per heavy atom. The van der Waals surface area contributed by atoms with Crippen molar-refractivity contribution >= 4 is 17.5 Å². The molecular weight excluding hydrogens is 368 g/mol. The Bertz CT molecular complexity index is 736. The van der Waals surface area contributed by atoms with Gasteiger partial charge in [0.05, 0.1) is 20.2 Å². The Hall–Kier alpha value is -2.28. The summed E-state index contributed by atoms with van der Waals surface area (Å²) >= 11 is 0. The van der Waals surface area contributed by atoms with E-state index in [1.807, 2.05) is 31.7 Å². The monoisotopic (exact) mass is 402 g/mol. The van der Waals surface area contributed by atoms with E-state index in [0.29, 0.717) is 26.2 Å². The quantitative estimate of drug-likeness (QED) is 0.809. The van der Waals surface area contributed by atoms with Crippen LogP contribution in [0.3, 0.4) is 0 Å². The molecule has 0 spiro atoms. The van der Waals surface area contributed by atoms with Crippen LogP contribution in [0.15, 0.2) is 18.2 Å². The highest BCUT2D eigenvalue weighted by atomic mass is 16.5. The van der Waals surface area contributed by atoms with Gasteiger partial charge in [-0.15, -0.1) is 0 Å². The Balaban J connectivity index is 1.50. The molecule has 7 heteroatoms. The van der Waals surface area contributed by atoms with Crippen LogP contribution < -0.4 is 15.0 Å². The lowest BCUT2D eigenvalue weighted by Crippen LogP contribution is -2.54. The van der Waals surface area contributed by atoms with E-state index in [-0.39, 0.29) is 17.4 Å².